The summed E-state index contributed by atoms with van der Waals surface area (Å²) in [5, 5.41) is 0. The van der Waals surface area contributed by atoms with Crippen molar-refractivity contribution in [3.05, 3.63) is 70.8 Å². The molecule has 0 radical (unpaired) electrons. The summed E-state index contributed by atoms with van der Waals surface area (Å²) in [6.45, 7) is 0.165. The number of fused-ring (bicyclic) bond motifs is 3. The van der Waals surface area contributed by atoms with E-state index in [1.807, 2.05) is 0 Å². The molecular formula is C16H10FN3O2. The predicted octanol–water partition coefficient (Wildman–Crippen LogP) is 2.33. The van der Waals surface area contributed by atoms with Gasteiger partial charge in [-0.05, 0) is 18.2 Å². The van der Waals surface area contributed by atoms with Crippen LogP contribution in [0.5, 0.6) is 5.75 Å². The Bertz CT molecular complexity index is 922. The minimum absolute atomic E-state index is 0.165. The first-order valence-electron chi connectivity index (χ1n) is 6.68. The lowest BCUT2D eigenvalue weighted by atomic mass is 10.1. The van der Waals surface area contributed by atoms with Crippen molar-refractivity contribution in [1.29, 1.82) is 0 Å². The molecule has 1 aliphatic heterocycles. The fourth-order valence-electron chi connectivity index (χ4n) is 2.58. The molecule has 5 nitrogen and oxygen atoms in total. The summed E-state index contributed by atoms with van der Waals surface area (Å²) in [5.41, 5.74) is 2.43. The molecule has 0 aromatic carbocycles. The molecule has 6 heteroatoms. The number of rotatable bonds is 1. The third kappa shape index (κ3) is 1.88. The van der Waals surface area contributed by atoms with Crippen LogP contribution in [0.15, 0.2) is 53.7 Å². The molecule has 0 atom stereocenters. The summed E-state index contributed by atoms with van der Waals surface area (Å²) >= 11 is 0. The fourth-order valence-corrected chi connectivity index (χ4v) is 2.58. The third-order valence-electron chi connectivity index (χ3n) is 3.54. The molecule has 0 spiro atoms. The van der Waals surface area contributed by atoms with Gasteiger partial charge in [0.15, 0.2) is 0 Å². The second-order valence-corrected chi connectivity index (χ2v) is 4.87. The first kappa shape index (κ1) is 12.7. The van der Waals surface area contributed by atoms with Gasteiger partial charge in [0.1, 0.15) is 23.9 Å². The summed E-state index contributed by atoms with van der Waals surface area (Å²) in [4.78, 5) is 20.4. The van der Waals surface area contributed by atoms with Gasteiger partial charge in [-0.1, -0.05) is 0 Å². The number of halogens is 1. The van der Waals surface area contributed by atoms with Gasteiger partial charge < -0.3 is 4.74 Å². The lowest BCUT2D eigenvalue weighted by molar-refractivity contribution is 0.290. The van der Waals surface area contributed by atoms with Crippen LogP contribution in [0.25, 0.3) is 16.9 Å². The monoisotopic (exact) mass is 295 g/mol. The van der Waals surface area contributed by atoms with Gasteiger partial charge in [0, 0.05) is 23.9 Å². The number of pyridine rings is 3. The Morgan fingerprint density at radius 3 is 2.95 bits per heavy atom. The van der Waals surface area contributed by atoms with Crippen molar-refractivity contribution in [2.24, 2.45) is 0 Å². The topological polar surface area (TPSA) is 57.0 Å². The standard InChI is InChI=1S/C16H10FN3O2/c17-10-6-14-16(19-7-10)12-3-4-15(21)20(13(12)9-22-14)11-2-1-5-18-8-11/h1-8H,9H2. The molecule has 0 N–H and O–H groups in total. The van der Waals surface area contributed by atoms with Crippen molar-refractivity contribution in [1.82, 2.24) is 14.5 Å². The maximum absolute atomic E-state index is 13.3. The quantitative estimate of drug-likeness (QED) is 0.691. The Hall–Kier alpha value is -3.02. The first-order chi connectivity index (χ1) is 10.7. The highest BCUT2D eigenvalue weighted by atomic mass is 19.1. The van der Waals surface area contributed by atoms with Gasteiger partial charge >= 0.3 is 0 Å². The van der Waals surface area contributed by atoms with Gasteiger partial charge in [-0.2, -0.15) is 0 Å². The predicted molar refractivity (Wildman–Crippen MR) is 77.4 cm³/mol. The molecule has 0 fully saturated rings. The van der Waals surface area contributed by atoms with Crippen LogP contribution in [0.4, 0.5) is 4.39 Å². The zero-order valence-corrected chi connectivity index (χ0v) is 11.4. The number of hydrogen-bond donors (Lipinski definition) is 0. The van der Waals surface area contributed by atoms with Gasteiger partial charge in [0.25, 0.3) is 5.56 Å². The van der Waals surface area contributed by atoms with Crippen molar-refractivity contribution < 1.29 is 9.13 Å². The number of hydrogen-bond acceptors (Lipinski definition) is 4. The number of nitrogens with zero attached hydrogens (tertiary/aromatic N) is 3. The number of ether oxygens (including phenoxy) is 1. The van der Waals surface area contributed by atoms with E-state index in [-0.39, 0.29) is 12.2 Å². The molecule has 3 aromatic rings. The Morgan fingerprint density at radius 1 is 1.23 bits per heavy atom. The van der Waals surface area contributed by atoms with Gasteiger partial charge in [0.05, 0.1) is 23.8 Å². The second-order valence-electron chi connectivity index (χ2n) is 4.87. The molecule has 4 heterocycles. The molecule has 0 unspecified atom stereocenters. The SMILES string of the molecule is O=c1ccc2c(n1-c1cccnc1)COc1cc(F)cnc1-2. The average Bonchev–Trinajstić information content (AvgIpc) is 2.55. The van der Waals surface area contributed by atoms with Gasteiger partial charge in [0.2, 0.25) is 0 Å². The molecule has 22 heavy (non-hydrogen) atoms. The van der Waals surface area contributed by atoms with Crippen molar-refractivity contribution in [3.8, 4) is 22.7 Å². The number of aromatic nitrogens is 3. The van der Waals surface area contributed by atoms with E-state index in [1.165, 1.54) is 16.7 Å². The largest absolute Gasteiger partial charge is 0.485 e. The van der Waals surface area contributed by atoms with Crippen molar-refractivity contribution in [3.63, 3.8) is 0 Å². The van der Waals surface area contributed by atoms with Crippen molar-refractivity contribution in [2.45, 2.75) is 6.61 Å². The first-order valence-corrected chi connectivity index (χ1v) is 6.68. The second kappa shape index (κ2) is 4.77. The summed E-state index contributed by atoms with van der Waals surface area (Å²) in [7, 11) is 0. The average molecular weight is 295 g/mol. The smallest absolute Gasteiger partial charge is 0.255 e. The molecule has 108 valence electrons. The van der Waals surface area contributed by atoms with Crippen LogP contribution in [0.3, 0.4) is 0 Å². The maximum atomic E-state index is 13.3. The van der Waals surface area contributed by atoms with Crippen LogP contribution in [-0.4, -0.2) is 14.5 Å². The van der Waals surface area contributed by atoms with E-state index in [0.717, 1.165) is 11.8 Å². The summed E-state index contributed by atoms with van der Waals surface area (Å²) in [5.74, 6) is -0.0772. The molecule has 0 bridgehead atoms. The van der Waals surface area contributed by atoms with Crippen molar-refractivity contribution in [2.75, 3.05) is 0 Å². The maximum Gasteiger partial charge on any atom is 0.255 e. The van der Waals surface area contributed by atoms with Gasteiger partial charge in [-0.15, -0.1) is 0 Å². The van der Waals surface area contributed by atoms with Gasteiger partial charge in [-0.25, -0.2) is 9.37 Å². The van der Waals surface area contributed by atoms with Crippen LogP contribution in [-0.2, 0) is 6.61 Å². The fraction of sp³-hybridized carbons (Fsp3) is 0.0625. The minimum Gasteiger partial charge on any atom is -0.485 e. The molecule has 0 saturated heterocycles. The minimum atomic E-state index is -0.456. The Morgan fingerprint density at radius 2 is 2.14 bits per heavy atom. The van der Waals surface area contributed by atoms with Crippen LogP contribution in [0.1, 0.15) is 5.69 Å². The van der Waals surface area contributed by atoms with E-state index >= 15 is 0 Å². The molecule has 0 amide bonds. The van der Waals surface area contributed by atoms with Crippen LogP contribution in [0, 0.1) is 5.82 Å². The highest BCUT2D eigenvalue weighted by Gasteiger charge is 2.23. The highest BCUT2D eigenvalue weighted by molar-refractivity contribution is 5.70. The zero-order chi connectivity index (χ0) is 15.1. The highest BCUT2D eigenvalue weighted by Crippen LogP contribution is 2.35. The Kier molecular flexibility index (Phi) is 2.75. The lowest BCUT2D eigenvalue weighted by Crippen LogP contribution is -2.25. The van der Waals surface area contributed by atoms with Gasteiger partial charge in [-0.3, -0.25) is 14.3 Å². The molecule has 3 aromatic heterocycles. The van der Waals surface area contributed by atoms with E-state index in [1.54, 1.807) is 30.6 Å². The summed E-state index contributed by atoms with van der Waals surface area (Å²) < 4.78 is 20.4. The van der Waals surface area contributed by atoms with E-state index in [0.29, 0.717) is 22.8 Å². The van der Waals surface area contributed by atoms with E-state index < -0.39 is 5.82 Å². The van der Waals surface area contributed by atoms with Crippen molar-refractivity contribution >= 4 is 0 Å². The van der Waals surface area contributed by atoms with E-state index in [4.69, 9.17) is 4.74 Å². The molecule has 4 rings (SSSR count). The van der Waals surface area contributed by atoms with Crippen LogP contribution in [0.2, 0.25) is 0 Å². The summed E-state index contributed by atoms with van der Waals surface area (Å²) in [6.07, 6.45) is 4.38. The lowest BCUT2D eigenvalue weighted by Gasteiger charge is -2.23. The normalized spacial score (nSPS) is 12.2. The third-order valence-corrected chi connectivity index (χ3v) is 3.54. The molecule has 0 aliphatic carbocycles. The van der Waals surface area contributed by atoms with E-state index in [9.17, 15) is 9.18 Å². The Balaban J connectivity index is 2.00. The zero-order valence-electron chi connectivity index (χ0n) is 11.4. The molecule has 1 aliphatic rings. The van der Waals surface area contributed by atoms with Crippen LogP contribution >= 0.6 is 0 Å². The Labute approximate surface area is 124 Å². The van der Waals surface area contributed by atoms with Crippen LogP contribution < -0.4 is 10.3 Å². The summed E-state index contributed by atoms with van der Waals surface area (Å²) in [6, 6.07) is 8.00. The van der Waals surface area contributed by atoms with E-state index in [2.05, 4.69) is 9.97 Å². The molecular weight excluding hydrogens is 285 g/mol. The molecule has 0 saturated carbocycles.